The predicted molar refractivity (Wildman–Crippen MR) is 523 cm³/mol. The standard InChI is InChI=1S/5C22H19N3O4/c5*1-24-10-19(26)25-16(22(24)27)9-14-13-4-2-3-5-15(13)23-20(14)21(25)12-6-7-17-18(8-12)29-11-28-17/h5*2-8,16,21,23H,9-11H2,1H3/t5*16-,21?/m11111/s1/i2D,3D,4D,5D,6D,7D,8D,9D2,10D2;2D,3D,4D,5D,9D2,10D2,11D2;2D,3D,4D,5D,9D2,10D2;6D,7D,8D,9D2,10D2;9D2,10D2,11D2. The van der Waals surface area contributed by atoms with Crippen LogP contribution in [-0.2, 0) is 79.8 Å². The lowest BCUT2D eigenvalue weighted by atomic mass is 9.86. The number of ether oxygens (including phenoxy) is 10. The number of nitrogens with zero attached hydrogens (tertiary/aromatic N) is 10. The number of hydrogen-bond acceptors (Lipinski definition) is 20. The van der Waals surface area contributed by atoms with Gasteiger partial charge in [0.05, 0.1) is 101 Å². The summed E-state index contributed by atoms with van der Waals surface area (Å²) in [6.07, 6.45) is -13.0. The molecule has 10 amide bonds. The SMILES string of the molecule is [2H]C1([2H])Oc2ccc(C3c4[nH]c5ccccc5c4C([2H])([2H])[C@@H]4C(=O)N(C)C([2H])([2H])C(=O)N34)cc2O1.[2H]c1c([2H])c(C2c3[nH]c4c([2H])c([2H])c([2H])c([2H])c4c3C([2H])([2H])[C@@H]3C(=O)N(C)C([2H])([2H])C(=O)N23)c([2H])c2c1OCO2.[2H]c1c([2H])c(C2c3[nH]c4ccccc4c3C([2H])([2H])[C@@H]3C(=O)N(C)C([2H])([2H])C(=O)N23)c([2H])c2c1OCO2.[2H]c1c([2H])c([2H])c2c3c([nH]c2c1[2H])C(c1ccc2c(c1)OC([2H])([2H])O2)N1C(=O)C([2H])([2H])N(C)C(=O)[C@H]1C3([2H])[2H].[2H]c1c([2H])c([2H])c2c3c([nH]c2c1[2H])C(c1ccc2c(c1)OCO2)N1C(=O)C([2H])([2H])N(C)C(=O)[C@H]1C3([2H])[2H]. The number of carbonyl (C=O) groups is 10. The van der Waals surface area contributed by atoms with Crippen molar-refractivity contribution in [2.24, 2.45) is 0 Å². The highest BCUT2D eigenvalue weighted by molar-refractivity contribution is 6.03. The average molecular weight is 1990 g/mol. The van der Waals surface area contributed by atoms with Crippen molar-refractivity contribution in [1.82, 2.24) is 73.9 Å². The van der Waals surface area contributed by atoms with E-state index >= 15 is 0 Å². The zero-order chi connectivity index (χ0) is 136. The number of benzene rings is 10. The van der Waals surface area contributed by atoms with Crippen LogP contribution in [0.1, 0.15) is 172 Å². The molecule has 10 aromatic carbocycles. The summed E-state index contributed by atoms with van der Waals surface area (Å²) in [5.74, 6) is -10.7. The maximum atomic E-state index is 13.7. The number of likely N-dealkylation sites (N-methyl/N-ethyl adjacent to an activating group) is 5. The van der Waals surface area contributed by atoms with Crippen LogP contribution in [0.4, 0.5) is 0 Å². The normalized spacial score (nSPS) is 31.2. The summed E-state index contributed by atoms with van der Waals surface area (Å²) in [5.41, 5.74) is 0.390. The van der Waals surface area contributed by atoms with Crippen molar-refractivity contribution < 1.29 is 153 Å². The van der Waals surface area contributed by atoms with E-state index in [0.29, 0.717) is 79.5 Å². The number of hydrogen-bond donors (Lipinski definition) is 5. The Hall–Kier alpha value is -17.4. The van der Waals surface area contributed by atoms with Crippen LogP contribution in [0.3, 0.4) is 0 Å². The molecule has 0 aliphatic carbocycles. The molecule has 15 aliphatic heterocycles. The Morgan fingerprint density at radius 1 is 0.262 bits per heavy atom. The van der Waals surface area contributed by atoms with Gasteiger partial charge in [0.1, 0.15) is 35.7 Å². The van der Waals surface area contributed by atoms with Crippen LogP contribution < -0.4 is 47.4 Å². The molecule has 10 atom stereocenters. The van der Waals surface area contributed by atoms with Crippen molar-refractivity contribution in [2.75, 3.05) is 102 Å². The molecule has 145 heavy (non-hydrogen) atoms. The maximum Gasteiger partial charge on any atom is 0.245 e. The van der Waals surface area contributed by atoms with Gasteiger partial charge in [0.25, 0.3) is 0 Å². The molecule has 35 nitrogen and oxygen atoms in total. The molecule has 20 heterocycles. The van der Waals surface area contributed by atoms with Crippen LogP contribution in [0.2, 0.25) is 0 Å². The molecule has 0 bridgehead atoms. The number of aromatic nitrogens is 5. The minimum Gasteiger partial charge on any atom is -0.454 e. The van der Waals surface area contributed by atoms with Crippen LogP contribution in [0.5, 0.6) is 57.5 Å². The number of H-pyrrole nitrogens is 5. The van der Waals surface area contributed by atoms with Crippen LogP contribution in [0.15, 0.2) is 212 Å². The Morgan fingerprint density at radius 3 is 0.848 bits per heavy atom. The van der Waals surface area contributed by atoms with Crippen molar-refractivity contribution in [3.05, 3.63) is 296 Å². The van der Waals surface area contributed by atoms with Gasteiger partial charge in [-0.05, 0) is 146 Å². The predicted octanol–water partition coefficient (Wildman–Crippen LogP) is 11.1. The summed E-state index contributed by atoms with van der Waals surface area (Å²) < 4.78 is 408. The molecule has 5 unspecified atom stereocenters. The Bertz CT molecular complexity index is 10500. The molecule has 35 heteroatoms. The zero-order valence-electron chi connectivity index (χ0n) is 117. The average Bonchev–Trinajstić information content (AvgIpc) is 1.66. The molecular formula is C110H95N15O20. The number of nitrogens with one attached hydrogen (secondary N) is 5. The number of aromatic amines is 5. The molecule has 5 N–H and O–H groups in total. The Labute approximate surface area is 885 Å². The summed E-state index contributed by atoms with van der Waals surface area (Å²) in [5, 5.41) is 0.373. The van der Waals surface area contributed by atoms with Crippen LogP contribution in [0.25, 0.3) is 54.5 Å². The minimum absolute atomic E-state index is 0.0172. The van der Waals surface area contributed by atoms with Gasteiger partial charge in [-0.1, -0.05) is 121 Å². The summed E-state index contributed by atoms with van der Waals surface area (Å²) in [6.45, 7) is -19.6. The molecule has 0 saturated carbocycles. The lowest BCUT2D eigenvalue weighted by Crippen LogP contribution is -2.62. The first-order chi connectivity index (χ1) is 87.1. The van der Waals surface area contributed by atoms with Gasteiger partial charge in [-0.2, -0.15) is 0 Å². The van der Waals surface area contributed by atoms with Crippen LogP contribution in [0, 0.1) is 0 Å². The number of rotatable bonds is 5. The third-order valence-corrected chi connectivity index (χ3v) is 26.5. The van der Waals surface area contributed by atoms with Gasteiger partial charge in [-0.25, -0.2) is 0 Å². The minimum atomic E-state index is -2.96. The van der Waals surface area contributed by atoms with E-state index < -0.39 is 311 Å². The highest BCUT2D eigenvalue weighted by Gasteiger charge is 2.55. The molecule has 730 valence electrons. The van der Waals surface area contributed by atoms with Gasteiger partial charge in [0.15, 0.2) is 57.5 Å². The number of piperazine rings is 5. The molecule has 0 spiro atoms. The largest absolute Gasteiger partial charge is 0.454 e. The monoisotopic (exact) mass is 1990 g/mol. The van der Waals surface area contributed by atoms with Gasteiger partial charge in [-0.3, -0.25) is 47.9 Å². The third-order valence-electron chi connectivity index (χ3n) is 26.5. The smallest absolute Gasteiger partial charge is 0.245 e. The van der Waals surface area contributed by atoms with E-state index in [1.54, 1.807) is 72.8 Å². The second-order valence-corrected chi connectivity index (χ2v) is 34.6. The molecule has 5 saturated heterocycles. The second-order valence-electron chi connectivity index (χ2n) is 34.6. The fourth-order valence-corrected chi connectivity index (χ4v) is 20.0. The second kappa shape index (κ2) is 33.9. The van der Waals surface area contributed by atoms with Gasteiger partial charge in [0.2, 0.25) is 92.9 Å². The van der Waals surface area contributed by atoms with E-state index in [1.165, 1.54) is 30.3 Å². The van der Waals surface area contributed by atoms with Gasteiger partial charge in [-0.15, -0.1) is 0 Å². The first-order valence-corrected chi connectivity index (χ1v) is 44.4. The van der Waals surface area contributed by atoms with Crippen molar-refractivity contribution >= 4 is 114 Å². The third kappa shape index (κ3) is 14.2. The first-order valence-electron chi connectivity index (χ1n) is 65.4. The summed E-state index contributed by atoms with van der Waals surface area (Å²) >= 11 is 0. The molecular weight excluding hydrogens is 1850 g/mol. The van der Waals surface area contributed by atoms with Crippen LogP contribution in [-0.4, -0.2) is 265 Å². The molecule has 0 radical (unpaired) electrons. The Morgan fingerprint density at radius 2 is 0.517 bits per heavy atom. The van der Waals surface area contributed by atoms with E-state index in [-0.39, 0.29) is 161 Å². The quantitative estimate of drug-likeness (QED) is 0.107. The Balaban J connectivity index is 0.000000111. The van der Waals surface area contributed by atoms with E-state index in [0.717, 1.165) is 54.8 Å². The molecule has 15 aromatic rings. The van der Waals surface area contributed by atoms with Crippen molar-refractivity contribution in [3.8, 4) is 57.5 Å². The number of carbonyl (C=O) groups excluding carboxylic acids is 10. The fourth-order valence-electron chi connectivity index (χ4n) is 20.0. The van der Waals surface area contributed by atoms with Crippen molar-refractivity contribution in [1.29, 1.82) is 0 Å². The van der Waals surface area contributed by atoms with Crippen molar-refractivity contribution in [2.45, 2.75) is 92.3 Å². The number of amides is 10. The summed E-state index contributed by atoms with van der Waals surface area (Å²) in [6, 6.07) is 1.29. The van der Waals surface area contributed by atoms with Gasteiger partial charge >= 0.3 is 0 Å². The van der Waals surface area contributed by atoms with E-state index in [4.69, 9.17) is 105 Å². The molecule has 30 rings (SSSR count). The summed E-state index contributed by atoms with van der Waals surface area (Å²) in [4.78, 5) is 157. The number of para-hydroxylation sites is 5. The molecule has 5 fully saturated rings. The van der Waals surface area contributed by atoms with Crippen molar-refractivity contribution in [3.63, 3.8) is 0 Å². The maximum absolute atomic E-state index is 13.7. The zero-order valence-corrected chi connectivity index (χ0v) is 75.3. The van der Waals surface area contributed by atoms with E-state index in [2.05, 4.69) is 24.9 Å². The highest BCUT2D eigenvalue weighted by Crippen LogP contribution is 2.53. The van der Waals surface area contributed by atoms with Gasteiger partial charge in [0, 0.05) is 164 Å². The van der Waals surface area contributed by atoms with E-state index in [9.17, 15) is 47.9 Å². The van der Waals surface area contributed by atoms with Crippen LogP contribution >= 0.6 is 0 Å². The first kappa shape index (κ1) is 54.0. The van der Waals surface area contributed by atoms with E-state index in [1.807, 2.05) is 0 Å². The lowest BCUT2D eigenvalue weighted by molar-refractivity contribution is -0.157. The lowest BCUT2D eigenvalue weighted by Gasteiger charge is -2.46. The molecule has 15 aliphatic rings. The summed E-state index contributed by atoms with van der Waals surface area (Å²) in [7, 11) is 5.37. The Kier molecular flexibility index (Phi) is 12.6. The topological polar surface area (TPSA) is 374 Å². The number of fused-ring (bicyclic) bond motifs is 25. The highest BCUT2D eigenvalue weighted by atomic mass is 16.7. The molecule has 5 aromatic heterocycles. The van der Waals surface area contributed by atoms with Gasteiger partial charge < -0.3 is 121 Å². The fraction of sp³-hybridized carbons (Fsp3) is 0.273.